The van der Waals surface area contributed by atoms with E-state index in [1.165, 1.54) is 48.5 Å². The van der Waals surface area contributed by atoms with Gasteiger partial charge in [-0.2, -0.15) is 33.7 Å². The molecule has 53 heavy (non-hydrogen) atoms. The molecule has 14 nitrogen and oxygen atoms in total. The number of fused-ring (bicyclic) bond motifs is 6. The zero-order chi connectivity index (χ0) is 38.9. The van der Waals surface area contributed by atoms with Crippen molar-refractivity contribution < 1.29 is 61.4 Å². The SMILES string of the molecule is CC1(C)O[C@](C)(Cp2c3ccc(S(=O)(=O)O)cc3c3cc(S(=O)(=O)O)ccc32)[C@@](C)(Cp2c3ccc(S(=O)(=O)O)cc3c3cc(S(=O)(=O)O)ccc32)O1. The Labute approximate surface area is 306 Å². The minimum atomic E-state index is -4.63. The zero-order valence-corrected chi connectivity index (χ0v) is 33.3. The summed E-state index contributed by atoms with van der Waals surface area (Å²) in [5, 5.41) is 4.14. The maximum absolute atomic E-state index is 12.1. The van der Waals surface area contributed by atoms with Gasteiger partial charge >= 0.3 is 0 Å². The van der Waals surface area contributed by atoms with Crippen molar-refractivity contribution in [3.05, 3.63) is 72.8 Å². The molecule has 282 valence electrons. The van der Waals surface area contributed by atoms with Gasteiger partial charge in [0.1, 0.15) is 11.2 Å². The van der Waals surface area contributed by atoms with Crippen LogP contribution < -0.4 is 0 Å². The first-order valence-corrected chi connectivity index (χ1v) is 24.4. The first kappa shape index (κ1) is 38.3. The van der Waals surface area contributed by atoms with E-state index in [4.69, 9.17) is 9.47 Å². The molecular formula is C33H32O14P2S4. The molecule has 0 aliphatic carbocycles. The lowest BCUT2D eigenvalue weighted by Gasteiger charge is -2.38. The van der Waals surface area contributed by atoms with Crippen molar-refractivity contribution >= 4 is 97.6 Å². The molecule has 1 aliphatic rings. The lowest BCUT2D eigenvalue weighted by atomic mass is 9.89. The van der Waals surface area contributed by atoms with Crippen molar-refractivity contribution in [1.29, 1.82) is 0 Å². The van der Waals surface area contributed by atoms with Crippen LogP contribution in [0.1, 0.15) is 27.7 Å². The topological polar surface area (TPSA) is 236 Å². The second-order valence-corrected chi connectivity index (χ2v) is 23.8. The highest BCUT2D eigenvalue weighted by molar-refractivity contribution is 7.86. The summed E-state index contributed by atoms with van der Waals surface area (Å²) in [4.78, 5) is -1.59. The number of benzene rings is 4. The van der Waals surface area contributed by atoms with Crippen LogP contribution in [0.15, 0.2) is 92.4 Å². The molecular weight excluding hydrogens is 811 g/mol. The van der Waals surface area contributed by atoms with E-state index in [1.54, 1.807) is 38.1 Å². The van der Waals surface area contributed by atoms with Crippen LogP contribution in [0.2, 0.25) is 0 Å². The maximum atomic E-state index is 12.1. The van der Waals surface area contributed by atoms with Gasteiger partial charge in [0.05, 0.1) is 19.6 Å². The van der Waals surface area contributed by atoms with E-state index in [0.717, 1.165) is 0 Å². The average molecular weight is 843 g/mol. The fourth-order valence-electron chi connectivity index (χ4n) is 7.43. The van der Waals surface area contributed by atoms with E-state index in [-0.39, 0.29) is 12.3 Å². The Morgan fingerprint density at radius 3 is 0.887 bits per heavy atom. The fourth-order valence-corrected chi connectivity index (χ4v) is 15.6. The Hall–Kier alpha value is -2.96. The summed E-state index contributed by atoms with van der Waals surface area (Å²) in [6, 6.07) is 16.3. The Balaban J connectivity index is 1.44. The normalized spacial score (nSPS) is 21.4. The molecule has 0 spiro atoms. The van der Waals surface area contributed by atoms with Crippen LogP contribution >= 0.6 is 15.1 Å². The Bertz CT molecular complexity index is 2640. The summed E-state index contributed by atoms with van der Waals surface area (Å²) in [5.41, 5.74) is -2.23. The molecule has 7 rings (SSSR count). The third-order valence-corrected chi connectivity index (χ3v) is 18.9. The molecule has 0 amide bonds. The molecule has 4 aromatic carbocycles. The zero-order valence-electron chi connectivity index (χ0n) is 28.2. The summed E-state index contributed by atoms with van der Waals surface area (Å²) in [5.74, 6) is -1.14. The highest BCUT2D eigenvalue weighted by Crippen LogP contribution is 2.61. The number of ether oxygens (including phenoxy) is 2. The molecule has 3 heterocycles. The summed E-state index contributed by atoms with van der Waals surface area (Å²) >= 11 is 0. The number of rotatable bonds is 8. The summed E-state index contributed by atoms with van der Waals surface area (Å²) in [6.07, 6.45) is 0.538. The van der Waals surface area contributed by atoms with Crippen LogP contribution in [0, 0.1) is 0 Å². The molecule has 0 bridgehead atoms. The molecule has 0 saturated carbocycles. The summed E-state index contributed by atoms with van der Waals surface area (Å²) in [6.45, 7) is 7.24. The van der Waals surface area contributed by atoms with Crippen LogP contribution in [-0.4, -0.2) is 68.9 Å². The number of hydrogen-bond acceptors (Lipinski definition) is 10. The average Bonchev–Trinajstić information content (AvgIpc) is 3.56. The van der Waals surface area contributed by atoms with Crippen molar-refractivity contribution in [2.24, 2.45) is 0 Å². The van der Waals surface area contributed by atoms with Gasteiger partial charge in [0.25, 0.3) is 40.5 Å². The smallest absolute Gasteiger partial charge is 0.294 e. The molecule has 0 radical (unpaired) electrons. The number of hydrogen-bond donors (Lipinski definition) is 4. The molecule has 2 atom stereocenters. The summed E-state index contributed by atoms with van der Waals surface area (Å²) in [7, 11) is -21.4. The van der Waals surface area contributed by atoms with Gasteiger partial charge in [-0.25, -0.2) is 0 Å². The third kappa shape index (κ3) is 6.62. The van der Waals surface area contributed by atoms with Gasteiger partial charge in [0, 0.05) is 32.8 Å². The van der Waals surface area contributed by atoms with Crippen molar-refractivity contribution in [2.45, 2.75) is 76.6 Å². The van der Waals surface area contributed by atoms with Gasteiger partial charge in [0.2, 0.25) is 0 Å². The van der Waals surface area contributed by atoms with E-state index in [2.05, 4.69) is 0 Å². The van der Waals surface area contributed by atoms with E-state index >= 15 is 0 Å². The molecule has 1 saturated heterocycles. The van der Waals surface area contributed by atoms with Crippen LogP contribution in [0.25, 0.3) is 42.0 Å². The van der Waals surface area contributed by atoms with Gasteiger partial charge in [-0.3, -0.25) is 18.2 Å². The van der Waals surface area contributed by atoms with Crippen molar-refractivity contribution in [2.75, 3.05) is 0 Å². The lowest BCUT2D eigenvalue weighted by molar-refractivity contribution is -0.165. The van der Waals surface area contributed by atoms with Gasteiger partial charge in [-0.1, -0.05) is 0 Å². The molecule has 1 aliphatic heterocycles. The van der Waals surface area contributed by atoms with Gasteiger partial charge in [-0.15, -0.1) is 15.1 Å². The van der Waals surface area contributed by atoms with Crippen molar-refractivity contribution in [3.63, 3.8) is 0 Å². The minimum absolute atomic E-state index is 0.269. The van der Waals surface area contributed by atoms with E-state index in [0.29, 0.717) is 42.0 Å². The van der Waals surface area contributed by atoms with Crippen LogP contribution in [0.4, 0.5) is 0 Å². The quantitative estimate of drug-likeness (QED) is 0.110. The second kappa shape index (κ2) is 12.0. The third-order valence-electron chi connectivity index (χ3n) is 9.79. The van der Waals surface area contributed by atoms with Crippen LogP contribution in [0.5, 0.6) is 0 Å². The largest absolute Gasteiger partial charge is 0.341 e. The molecule has 1 fully saturated rings. The lowest BCUT2D eigenvalue weighted by Crippen LogP contribution is -2.48. The van der Waals surface area contributed by atoms with Gasteiger partial charge in [0.15, 0.2) is 5.79 Å². The summed E-state index contributed by atoms with van der Waals surface area (Å²) < 4.78 is 150. The van der Waals surface area contributed by atoms with Crippen molar-refractivity contribution in [3.8, 4) is 0 Å². The molecule has 6 aromatic rings. The Kier molecular flexibility index (Phi) is 8.69. The first-order valence-electron chi connectivity index (χ1n) is 15.6. The second-order valence-electron chi connectivity index (χ2n) is 13.9. The fraction of sp³-hybridized carbons (Fsp3) is 0.273. The van der Waals surface area contributed by atoms with Crippen LogP contribution in [0.3, 0.4) is 0 Å². The van der Waals surface area contributed by atoms with Crippen LogP contribution in [-0.2, 0) is 62.3 Å². The molecule has 0 unspecified atom stereocenters. The van der Waals surface area contributed by atoms with Crippen molar-refractivity contribution in [1.82, 2.24) is 0 Å². The minimum Gasteiger partial charge on any atom is -0.341 e. The predicted molar refractivity (Wildman–Crippen MR) is 201 cm³/mol. The van der Waals surface area contributed by atoms with E-state index in [1.807, 2.05) is 13.8 Å². The highest BCUT2D eigenvalue weighted by Gasteiger charge is 2.58. The first-order chi connectivity index (χ1) is 24.2. The standard InChI is InChI=1S/C33H32O14P2S4/c1-31(2)46-32(3,17-48-27-9-5-19(50(34,35)36)13-23(27)24-14-20(51(37,38)39)6-10-28(24)48)33(4,47-31)18-49-29-11-7-21(52(40,41)42)15-25(29)26-16-22(53(43,44)45)8-12-30(26)49/h5-16H,17-18H2,1-4H3,(H,34,35,36)(H,37,38,39)(H,40,41,42)(H,43,44,45)/t32-,33-/m1/s1. The monoisotopic (exact) mass is 842 g/mol. The Morgan fingerprint density at radius 1 is 0.453 bits per heavy atom. The van der Waals surface area contributed by atoms with E-state index < -0.39 is 92.1 Å². The molecule has 2 aromatic heterocycles. The molecule has 4 N–H and O–H groups in total. The highest BCUT2D eigenvalue weighted by atomic mass is 32.2. The van der Waals surface area contributed by atoms with Gasteiger partial charge < -0.3 is 9.47 Å². The predicted octanol–water partition coefficient (Wildman–Crippen LogP) is 7.26. The molecule has 20 heteroatoms. The maximum Gasteiger partial charge on any atom is 0.294 e. The van der Waals surface area contributed by atoms with Gasteiger partial charge in [-0.05, 0) is 122 Å². The Morgan fingerprint density at radius 2 is 0.679 bits per heavy atom. The van der Waals surface area contributed by atoms with E-state index in [9.17, 15) is 51.9 Å².